The molecule has 0 bridgehead atoms. The van der Waals surface area contributed by atoms with Crippen molar-refractivity contribution in [2.45, 2.75) is 31.6 Å². The molecule has 0 aliphatic carbocycles. The zero-order valence-corrected chi connectivity index (χ0v) is 11.4. The Hall–Kier alpha value is -1.42. The van der Waals surface area contributed by atoms with Crippen LogP contribution in [-0.4, -0.2) is 25.7 Å². The second-order valence-corrected chi connectivity index (χ2v) is 6.18. The van der Waals surface area contributed by atoms with Crippen LogP contribution in [0.4, 0.5) is 0 Å². The van der Waals surface area contributed by atoms with E-state index in [0.717, 1.165) is 5.56 Å². The first-order valence-electron chi connectivity index (χ1n) is 6.04. The van der Waals surface area contributed by atoms with Crippen molar-refractivity contribution < 1.29 is 9.00 Å². The Bertz CT molecular complexity index is 484. The largest absolute Gasteiger partial charge is 0.273 e. The van der Waals surface area contributed by atoms with E-state index >= 15 is 0 Å². The van der Waals surface area contributed by atoms with Crippen LogP contribution in [-0.2, 0) is 22.2 Å². The van der Waals surface area contributed by atoms with Crippen LogP contribution in [0.2, 0.25) is 0 Å². The maximum Gasteiger partial charge on any atom is 0.239 e. The number of carbonyl (C=O) groups excluding carboxylic acids is 1. The number of hydrogen-bond acceptors (Lipinski definition) is 2. The molecular weight excluding hydrogens is 246 g/mol. The third-order valence-electron chi connectivity index (χ3n) is 2.99. The quantitative estimate of drug-likeness (QED) is 0.766. The fourth-order valence-corrected chi connectivity index (χ4v) is 3.23. The van der Waals surface area contributed by atoms with Gasteiger partial charge in [0.15, 0.2) is 0 Å². The van der Waals surface area contributed by atoms with E-state index in [9.17, 15) is 9.00 Å². The average Bonchev–Trinajstić information content (AvgIpc) is 2.36. The summed E-state index contributed by atoms with van der Waals surface area (Å²) in [5, 5.41) is -0.0964. The molecular formula is C14H17NO2S. The van der Waals surface area contributed by atoms with Crippen molar-refractivity contribution in [3.63, 3.8) is 0 Å². The van der Waals surface area contributed by atoms with Gasteiger partial charge in [-0.1, -0.05) is 42.5 Å². The highest BCUT2D eigenvalue weighted by Crippen LogP contribution is 2.18. The first-order valence-corrected chi connectivity index (χ1v) is 7.21. The number of rotatable bonds is 2. The van der Waals surface area contributed by atoms with E-state index in [2.05, 4.69) is 0 Å². The van der Waals surface area contributed by atoms with Gasteiger partial charge in [0.25, 0.3) is 0 Å². The summed E-state index contributed by atoms with van der Waals surface area (Å²) < 4.78 is 13.6. The lowest BCUT2D eigenvalue weighted by atomic mass is 10.1. The summed E-state index contributed by atoms with van der Waals surface area (Å²) in [5.74, 6) is -0.0803. The molecule has 1 amide bonds. The van der Waals surface area contributed by atoms with Crippen LogP contribution in [0.25, 0.3) is 0 Å². The number of carbonyl (C=O) groups is 1. The second kappa shape index (κ2) is 5.48. The smallest absolute Gasteiger partial charge is 0.239 e. The Labute approximate surface area is 110 Å². The zero-order chi connectivity index (χ0) is 13.1. The zero-order valence-electron chi connectivity index (χ0n) is 10.6. The first-order chi connectivity index (χ1) is 8.59. The predicted molar refractivity (Wildman–Crippen MR) is 73.2 cm³/mol. The van der Waals surface area contributed by atoms with Gasteiger partial charge in [0, 0.05) is 0 Å². The summed E-state index contributed by atoms with van der Waals surface area (Å²) in [6.07, 6.45) is 4.15. The van der Waals surface area contributed by atoms with Crippen LogP contribution < -0.4 is 0 Å². The molecule has 1 aliphatic heterocycles. The molecule has 4 heteroatoms. The minimum absolute atomic E-state index is 0.0803. The van der Waals surface area contributed by atoms with E-state index in [1.54, 1.807) is 0 Å². The Balaban J connectivity index is 2.14. The molecule has 0 saturated heterocycles. The van der Waals surface area contributed by atoms with Crippen molar-refractivity contribution in [2.24, 2.45) is 0 Å². The van der Waals surface area contributed by atoms with Gasteiger partial charge in [-0.05, 0) is 19.4 Å². The SMILES string of the molecule is C[C@H]1C=C[C@H](C)[S@@](=O)N1C(=O)Cc1ccccc1. The van der Waals surface area contributed by atoms with Crippen LogP contribution >= 0.6 is 0 Å². The van der Waals surface area contributed by atoms with Gasteiger partial charge in [-0.15, -0.1) is 0 Å². The minimum Gasteiger partial charge on any atom is -0.273 e. The molecule has 0 radical (unpaired) electrons. The van der Waals surface area contributed by atoms with E-state index in [1.165, 1.54) is 4.31 Å². The Morgan fingerprint density at radius 1 is 1.22 bits per heavy atom. The topological polar surface area (TPSA) is 37.4 Å². The molecule has 0 N–H and O–H groups in total. The maximum atomic E-state index is 12.2. The molecule has 3 atom stereocenters. The van der Waals surface area contributed by atoms with Crippen molar-refractivity contribution in [3.8, 4) is 0 Å². The standard InChI is InChI=1S/C14H17NO2S/c1-11-8-9-12(2)18(17)15(11)14(16)10-13-6-4-3-5-7-13/h3-9,11-12H,10H2,1-2H3/t11-,12-,18+/m0/s1. The lowest BCUT2D eigenvalue weighted by Gasteiger charge is -2.31. The second-order valence-electron chi connectivity index (χ2n) is 4.49. The molecule has 18 heavy (non-hydrogen) atoms. The van der Waals surface area contributed by atoms with E-state index < -0.39 is 11.0 Å². The summed E-state index contributed by atoms with van der Waals surface area (Å²) in [7, 11) is -1.26. The maximum absolute atomic E-state index is 12.2. The van der Waals surface area contributed by atoms with Gasteiger partial charge in [-0.2, -0.15) is 0 Å². The van der Waals surface area contributed by atoms with Gasteiger partial charge in [-0.25, -0.2) is 4.21 Å². The van der Waals surface area contributed by atoms with Crippen molar-refractivity contribution in [1.82, 2.24) is 4.31 Å². The molecule has 0 spiro atoms. The van der Waals surface area contributed by atoms with E-state index in [1.807, 2.05) is 56.3 Å². The molecule has 1 aromatic rings. The van der Waals surface area contributed by atoms with Crippen molar-refractivity contribution >= 4 is 16.9 Å². The third-order valence-corrected chi connectivity index (χ3v) is 4.70. The Morgan fingerprint density at radius 3 is 2.56 bits per heavy atom. The molecule has 1 heterocycles. The highest BCUT2D eigenvalue weighted by molar-refractivity contribution is 7.84. The van der Waals surface area contributed by atoms with E-state index in [-0.39, 0.29) is 17.2 Å². The van der Waals surface area contributed by atoms with E-state index in [0.29, 0.717) is 6.42 Å². The lowest BCUT2D eigenvalue weighted by Crippen LogP contribution is -2.45. The van der Waals surface area contributed by atoms with Gasteiger partial charge in [0.2, 0.25) is 5.91 Å². The van der Waals surface area contributed by atoms with E-state index in [4.69, 9.17) is 0 Å². The summed E-state index contributed by atoms with van der Waals surface area (Å²) >= 11 is 0. The van der Waals surface area contributed by atoms with Gasteiger partial charge >= 0.3 is 0 Å². The van der Waals surface area contributed by atoms with Crippen molar-refractivity contribution in [3.05, 3.63) is 48.0 Å². The molecule has 3 nitrogen and oxygen atoms in total. The minimum atomic E-state index is -1.26. The van der Waals surface area contributed by atoms with Gasteiger partial charge in [0.1, 0.15) is 11.0 Å². The van der Waals surface area contributed by atoms with Gasteiger partial charge in [0.05, 0.1) is 17.7 Å². The van der Waals surface area contributed by atoms with Crippen LogP contribution in [0.15, 0.2) is 42.5 Å². The van der Waals surface area contributed by atoms with Crippen molar-refractivity contribution in [1.29, 1.82) is 0 Å². The summed E-state index contributed by atoms with van der Waals surface area (Å²) in [6, 6.07) is 9.45. The first kappa shape index (κ1) is 13.0. The molecule has 2 rings (SSSR count). The predicted octanol–water partition coefficient (Wildman–Crippen LogP) is 2.07. The molecule has 0 saturated carbocycles. The average molecular weight is 263 g/mol. The fourth-order valence-electron chi connectivity index (χ4n) is 1.98. The Kier molecular flexibility index (Phi) is 3.97. The summed E-state index contributed by atoms with van der Waals surface area (Å²) in [5.41, 5.74) is 0.953. The normalized spacial score (nSPS) is 27.2. The highest BCUT2D eigenvalue weighted by Gasteiger charge is 2.30. The number of benzene rings is 1. The Morgan fingerprint density at radius 2 is 1.89 bits per heavy atom. The van der Waals surface area contributed by atoms with Crippen LogP contribution in [0.1, 0.15) is 19.4 Å². The third kappa shape index (κ3) is 2.70. The fraction of sp³-hybridized carbons (Fsp3) is 0.357. The van der Waals surface area contributed by atoms with Gasteiger partial charge in [-0.3, -0.25) is 9.10 Å². The molecule has 0 unspecified atom stereocenters. The molecule has 96 valence electrons. The number of hydrogen-bond donors (Lipinski definition) is 0. The number of nitrogens with zero attached hydrogens (tertiary/aromatic N) is 1. The molecule has 1 aromatic carbocycles. The summed E-state index contributed by atoms with van der Waals surface area (Å²) in [6.45, 7) is 3.75. The molecule has 0 fully saturated rings. The summed E-state index contributed by atoms with van der Waals surface area (Å²) in [4.78, 5) is 12.2. The molecule has 0 aromatic heterocycles. The van der Waals surface area contributed by atoms with Crippen LogP contribution in [0.5, 0.6) is 0 Å². The highest BCUT2D eigenvalue weighted by atomic mass is 32.2. The van der Waals surface area contributed by atoms with Crippen molar-refractivity contribution in [2.75, 3.05) is 0 Å². The van der Waals surface area contributed by atoms with Crippen LogP contribution in [0, 0.1) is 0 Å². The monoisotopic (exact) mass is 263 g/mol. The number of amides is 1. The van der Waals surface area contributed by atoms with Gasteiger partial charge < -0.3 is 0 Å². The van der Waals surface area contributed by atoms with Crippen LogP contribution in [0.3, 0.4) is 0 Å². The lowest BCUT2D eigenvalue weighted by molar-refractivity contribution is -0.126. The molecule has 1 aliphatic rings.